The highest BCUT2D eigenvalue weighted by atomic mass is 16.5. The van der Waals surface area contributed by atoms with Gasteiger partial charge in [-0.1, -0.05) is 0 Å². The molecule has 82 valence electrons. The SMILES string of the molecule is COC1CNC(c2nc(C3CC3)n[nH]2)C1. The van der Waals surface area contributed by atoms with Crippen molar-refractivity contribution in [1.82, 2.24) is 20.5 Å². The fraction of sp³-hybridized carbons (Fsp3) is 0.800. The number of H-pyrrole nitrogens is 1. The molecule has 2 atom stereocenters. The van der Waals surface area contributed by atoms with Crippen LogP contribution >= 0.6 is 0 Å². The number of nitrogens with zero attached hydrogens (tertiary/aromatic N) is 2. The molecule has 1 saturated heterocycles. The summed E-state index contributed by atoms with van der Waals surface area (Å²) in [5, 5.41) is 10.7. The van der Waals surface area contributed by atoms with Crippen molar-refractivity contribution in [3.63, 3.8) is 0 Å². The Morgan fingerprint density at radius 3 is 2.93 bits per heavy atom. The maximum atomic E-state index is 5.30. The van der Waals surface area contributed by atoms with Gasteiger partial charge in [0.15, 0.2) is 5.82 Å². The summed E-state index contributed by atoms with van der Waals surface area (Å²) in [5.41, 5.74) is 0. The lowest BCUT2D eigenvalue weighted by Gasteiger charge is -2.05. The molecule has 5 nitrogen and oxygen atoms in total. The van der Waals surface area contributed by atoms with Crippen LogP contribution in [0.1, 0.15) is 42.9 Å². The van der Waals surface area contributed by atoms with Gasteiger partial charge in [-0.15, -0.1) is 0 Å². The average Bonchev–Trinajstić information content (AvgIpc) is 2.84. The molecule has 5 heteroatoms. The molecule has 1 aromatic rings. The number of hydrogen-bond donors (Lipinski definition) is 2. The molecular formula is C10H16N4O. The van der Waals surface area contributed by atoms with Crippen LogP contribution in [0.5, 0.6) is 0 Å². The first-order chi connectivity index (χ1) is 7.36. The van der Waals surface area contributed by atoms with E-state index in [2.05, 4.69) is 20.5 Å². The molecular weight excluding hydrogens is 192 g/mol. The van der Waals surface area contributed by atoms with E-state index in [0.717, 1.165) is 24.6 Å². The van der Waals surface area contributed by atoms with E-state index in [1.54, 1.807) is 7.11 Å². The second-order valence-corrected chi connectivity index (χ2v) is 4.41. The van der Waals surface area contributed by atoms with Crippen LogP contribution in [-0.4, -0.2) is 34.9 Å². The van der Waals surface area contributed by atoms with E-state index in [4.69, 9.17) is 4.74 Å². The number of nitrogens with one attached hydrogen (secondary N) is 2. The summed E-state index contributed by atoms with van der Waals surface area (Å²) in [7, 11) is 1.75. The zero-order valence-corrected chi connectivity index (χ0v) is 8.86. The largest absolute Gasteiger partial charge is 0.380 e. The van der Waals surface area contributed by atoms with Crippen LogP contribution in [-0.2, 0) is 4.74 Å². The minimum Gasteiger partial charge on any atom is -0.380 e. The Balaban J connectivity index is 1.70. The third-order valence-electron chi connectivity index (χ3n) is 3.22. The molecule has 0 spiro atoms. The first-order valence-electron chi connectivity index (χ1n) is 5.55. The molecule has 1 aliphatic carbocycles. The maximum Gasteiger partial charge on any atom is 0.153 e. The first-order valence-corrected chi connectivity index (χ1v) is 5.55. The third-order valence-corrected chi connectivity index (χ3v) is 3.22. The highest BCUT2D eigenvalue weighted by Crippen LogP contribution is 2.38. The van der Waals surface area contributed by atoms with E-state index < -0.39 is 0 Å². The highest BCUT2D eigenvalue weighted by molar-refractivity contribution is 5.08. The Morgan fingerprint density at radius 1 is 1.40 bits per heavy atom. The van der Waals surface area contributed by atoms with Crippen molar-refractivity contribution in [2.24, 2.45) is 0 Å². The smallest absolute Gasteiger partial charge is 0.153 e. The van der Waals surface area contributed by atoms with E-state index in [9.17, 15) is 0 Å². The van der Waals surface area contributed by atoms with Crippen molar-refractivity contribution in [2.75, 3.05) is 13.7 Å². The van der Waals surface area contributed by atoms with Crippen molar-refractivity contribution in [2.45, 2.75) is 37.3 Å². The Kier molecular flexibility index (Phi) is 2.21. The zero-order chi connectivity index (χ0) is 10.3. The number of aromatic amines is 1. The Labute approximate surface area is 88.6 Å². The van der Waals surface area contributed by atoms with Crippen molar-refractivity contribution in [3.8, 4) is 0 Å². The Hall–Kier alpha value is -0.940. The monoisotopic (exact) mass is 208 g/mol. The average molecular weight is 208 g/mol. The van der Waals surface area contributed by atoms with Crippen molar-refractivity contribution < 1.29 is 4.74 Å². The van der Waals surface area contributed by atoms with Gasteiger partial charge in [-0.3, -0.25) is 5.10 Å². The van der Waals surface area contributed by atoms with Crippen LogP contribution in [0.2, 0.25) is 0 Å². The van der Waals surface area contributed by atoms with Crippen LogP contribution in [0.3, 0.4) is 0 Å². The number of aromatic nitrogens is 3. The molecule has 0 bridgehead atoms. The van der Waals surface area contributed by atoms with Gasteiger partial charge < -0.3 is 10.1 Å². The molecule has 0 amide bonds. The lowest BCUT2D eigenvalue weighted by atomic mass is 10.2. The molecule has 2 N–H and O–H groups in total. The van der Waals surface area contributed by atoms with Crippen molar-refractivity contribution in [3.05, 3.63) is 11.6 Å². The number of hydrogen-bond acceptors (Lipinski definition) is 4. The third kappa shape index (κ3) is 1.77. The van der Waals surface area contributed by atoms with Gasteiger partial charge in [0.1, 0.15) is 5.82 Å². The summed E-state index contributed by atoms with van der Waals surface area (Å²) >= 11 is 0. The van der Waals surface area contributed by atoms with Gasteiger partial charge in [0.25, 0.3) is 0 Å². The minimum atomic E-state index is 0.287. The molecule has 2 unspecified atom stereocenters. The van der Waals surface area contributed by atoms with Gasteiger partial charge in [0.05, 0.1) is 12.1 Å². The van der Waals surface area contributed by atoms with Crippen LogP contribution in [0.4, 0.5) is 0 Å². The highest BCUT2D eigenvalue weighted by Gasteiger charge is 2.31. The fourth-order valence-electron chi connectivity index (χ4n) is 2.06. The summed E-state index contributed by atoms with van der Waals surface area (Å²) in [6.07, 6.45) is 3.78. The standard InChI is InChI=1S/C10H16N4O/c1-15-7-4-8(11-5-7)10-12-9(13-14-10)6-2-3-6/h6-8,11H,2-5H2,1H3,(H,12,13,14). The quantitative estimate of drug-likeness (QED) is 0.768. The minimum absolute atomic E-state index is 0.287. The lowest BCUT2D eigenvalue weighted by Crippen LogP contribution is -2.16. The van der Waals surface area contributed by atoms with Crippen molar-refractivity contribution >= 4 is 0 Å². The fourth-order valence-corrected chi connectivity index (χ4v) is 2.06. The van der Waals surface area contributed by atoms with Gasteiger partial charge >= 0.3 is 0 Å². The number of ether oxygens (including phenoxy) is 1. The van der Waals surface area contributed by atoms with E-state index in [1.165, 1.54) is 12.8 Å². The number of methoxy groups -OCH3 is 1. The van der Waals surface area contributed by atoms with Crippen LogP contribution in [0.25, 0.3) is 0 Å². The normalized spacial score (nSPS) is 31.0. The molecule has 3 rings (SSSR count). The van der Waals surface area contributed by atoms with E-state index >= 15 is 0 Å². The van der Waals surface area contributed by atoms with E-state index in [1.807, 2.05) is 0 Å². The molecule has 0 radical (unpaired) electrons. The second kappa shape index (κ2) is 3.57. The van der Waals surface area contributed by atoms with E-state index in [0.29, 0.717) is 12.0 Å². The summed E-state index contributed by atoms with van der Waals surface area (Å²) in [6.45, 7) is 0.903. The summed E-state index contributed by atoms with van der Waals surface area (Å²) < 4.78 is 5.30. The molecule has 1 aliphatic heterocycles. The summed E-state index contributed by atoms with van der Waals surface area (Å²) in [5.74, 6) is 2.58. The van der Waals surface area contributed by atoms with E-state index in [-0.39, 0.29) is 6.04 Å². The van der Waals surface area contributed by atoms with Crippen molar-refractivity contribution in [1.29, 1.82) is 0 Å². The van der Waals surface area contributed by atoms with Gasteiger partial charge in [-0.2, -0.15) is 5.10 Å². The lowest BCUT2D eigenvalue weighted by molar-refractivity contribution is 0.117. The molecule has 1 aromatic heterocycles. The summed E-state index contributed by atoms with van der Waals surface area (Å²) in [6, 6.07) is 0.287. The van der Waals surface area contributed by atoms with Crippen LogP contribution in [0.15, 0.2) is 0 Å². The van der Waals surface area contributed by atoms with Gasteiger partial charge in [-0.05, 0) is 19.3 Å². The molecule has 15 heavy (non-hydrogen) atoms. The maximum absolute atomic E-state index is 5.30. The molecule has 0 aromatic carbocycles. The van der Waals surface area contributed by atoms with Gasteiger partial charge in [-0.25, -0.2) is 4.98 Å². The molecule has 2 fully saturated rings. The molecule has 2 aliphatic rings. The summed E-state index contributed by atoms with van der Waals surface area (Å²) in [4.78, 5) is 4.54. The second-order valence-electron chi connectivity index (χ2n) is 4.41. The topological polar surface area (TPSA) is 62.8 Å². The van der Waals surface area contributed by atoms with Crippen LogP contribution in [0, 0.1) is 0 Å². The first kappa shape index (κ1) is 9.30. The van der Waals surface area contributed by atoms with Gasteiger partial charge in [0.2, 0.25) is 0 Å². The van der Waals surface area contributed by atoms with Crippen LogP contribution < -0.4 is 5.32 Å². The molecule has 2 heterocycles. The predicted molar refractivity (Wildman–Crippen MR) is 54.5 cm³/mol. The Morgan fingerprint density at radius 2 is 2.27 bits per heavy atom. The number of rotatable bonds is 3. The molecule has 1 saturated carbocycles. The van der Waals surface area contributed by atoms with Gasteiger partial charge in [0, 0.05) is 19.6 Å². The zero-order valence-electron chi connectivity index (χ0n) is 8.86. The Bertz CT molecular complexity index is 347. The predicted octanol–water partition coefficient (Wildman–Crippen LogP) is 0.732.